The Morgan fingerprint density at radius 1 is 1.29 bits per heavy atom. The maximum absolute atomic E-state index is 11.7. The molecule has 0 fully saturated rings. The van der Waals surface area contributed by atoms with Gasteiger partial charge in [-0.25, -0.2) is 0 Å². The van der Waals surface area contributed by atoms with Crippen molar-refractivity contribution in [3.63, 3.8) is 0 Å². The molecule has 0 rings (SSSR count). The van der Waals surface area contributed by atoms with Gasteiger partial charge in [-0.3, -0.25) is 0 Å². The summed E-state index contributed by atoms with van der Waals surface area (Å²) in [7, 11) is 0. The summed E-state index contributed by atoms with van der Waals surface area (Å²) in [5.41, 5.74) is 0. The van der Waals surface area contributed by atoms with E-state index in [9.17, 15) is 13.2 Å². The topological polar surface area (TPSA) is 41.5 Å². The highest BCUT2D eigenvalue weighted by atomic mass is 19.4. The molecule has 0 aromatic carbocycles. The number of alkyl halides is 3. The number of nitrogens with one attached hydrogen (secondary N) is 1. The van der Waals surface area contributed by atoms with Gasteiger partial charge in [-0.05, 0) is 25.3 Å². The molecule has 17 heavy (non-hydrogen) atoms. The molecule has 1 unspecified atom stereocenters. The van der Waals surface area contributed by atoms with Gasteiger partial charge in [-0.2, -0.15) is 13.2 Å². The Morgan fingerprint density at radius 2 is 1.94 bits per heavy atom. The van der Waals surface area contributed by atoms with Gasteiger partial charge in [-0.1, -0.05) is 13.8 Å². The van der Waals surface area contributed by atoms with Crippen LogP contribution in [-0.2, 0) is 4.74 Å². The second-order valence-corrected chi connectivity index (χ2v) is 4.34. The molecule has 0 aromatic rings. The van der Waals surface area contributed by atoms with Crippen LogP contribution in [0.5, 0.6) is 0 Å². The normalized spacial score (nSPS) is 14.3. The monoisotopic (exact) mass is 257 g/mol. The fourth-order valence-electron chi connectivity index (χ4n) is 1.46. The molecule has 0 spiro atoms. The number of aliphatic hydroxyl groups excluding tert-OH is 1. The first-order chi connectivity index (χ1) is 7.87. The summed E-state index contributed by atoms with van der Waals surface area (Å²) in [5.74, 6) is 0.387. The number of hydrogen-bond acceptors (Lipinski definition) is 3. The van der Waals surface area contributed by atoms with Crippen LogP contribution in [0.2, 0.25) is 0 Å². The smallest absolute Gasteiger partial charge is 0.396 e. The van der Waals surface area contributed by atoms with E-state index in [0.29, 0.717) is 25.3 Å². The van der Waals surface area contributed by atoms with E-state index < -0.39 is 12.8 Å². The molecule has 0 aliphatic carbocycles. The van der Waals surface area contributed by atoms with Crippen LogP contribution in [-0.4, -0.2) is 43.7 Å². The van der Waals surface area contributed by atoms with Crippen molar-refractivity contribution in [2.75, 3.05) is 26.4 Å². The first kappa shape index (κ1) is 16.7. The van der Waals surface area contributed by atoms with Gasteiger partial charge in [0.1, 0.15) is 6.61 Å². The van der Waals surface area contributed by atoms with Crippen molar-refractivity contribution in [3.8, 4) is 0 Å². The van der Waals surface area contributed by atoms with Gasteiger partial charge >= 0.3 is 6.18 Å². The summed E-state index contributed by atoms with van der Waals surface area (Å²) < 4.78 is 39.7. The molecule has 0 saturated heterocycles. The van der Waals surface area contributed by atoms with Crippen LogP contribution < -0.4 is 5.32 Å². The second-order valence-electron chi connectivity index (χ2n) is 4.34. The molecular weight excluding hydrogens is 235 g/mol. The van der Waals surface area contributed by atoms with E-state index in [1.807, 2.05) is 13.8 Å². The molecule has 0 aromatic heterocycles. The second kappa shape index (κ2) is 8.72. The van der Waals surface area contributed by atoms with Crippen molar-refractivity contribution in [3.05, 3.63) is 0 Å². The molecule has 2 N–H and O–H groups in total. The molecule has 0 radical (unpaired) electrons. The van der Waals surface area contributed by atoms with Gasteiger partial charge < -0.3 is 15.2 Å². The molecular formula is C11H22F3NO2. The van der Waals surface area contributed by atoms with Crippen LogP contribution in [0.4, 0.5) is 13.2 Å². The molecule has 0 saturated carbocycles. The van der Waals surface area contributed by atoms with E-state index >= 15 is 0 Å². The summed E-state index contributed by atoms with van der Waals surface area (Å²) in [6, 6.07) is 0.197. The SMILES string of the molecule is CC(C)C(CCO)NCCCOCC(F)(F)F. The lowest BCUT2D eigenvalue weighted by molar-refractivity contribution is -0.173. The zero-order valence-corrected chi connectivity index (χ0v) is 10.4. The van der Waals surface area contributed by atoms with Crippen LogP contribution in [0, 0.1) is 5.92 Å². The van der Waals surface area contributed by atoms with E-state index in [1.54, 1.807) is 0 Å². The van der Waals surface area contributed by atoms with E-state index in [1.165, 1.54) is 0 Å². The standard InChI is InChI=1S/C11H22F3NO2/c1-9(2)10(4-6-16)15-5-3-7-17-8-11(12,13)14/h9-10,15-16H,3-8H2,1-2H3. The van der Waals surface area contributed by atoms with E-state index in [0.717, 1.165) is 0 Å². The average molecular weight is 257 g/mol. The van der Waals surface area contributed by atoms with Crippen molar-refractivity contribution < 1.29 is 23.0 Å². The first-order valence-corrected chi connectivity index (χ1v) is 5.85. The van der Waals surface area contributed by atoms with Gasteiger partial charge in [0.15, 0.2) is 0 Å². The Bertz CT molecular complexity index is 186. The minimum atomic E-state index is -4.25. The fourth-order valence-corrected chi connectivity index (χ4v) is 1.46. The van der Waals surface area contributed by atoms with Crippen LogP contribution in [0.25, 0.3) is 0 Å². The molecule has 0 aliphatic rings. The summed E-state index contributed by atoms with van der Waals surface area (Å²) in [6.45, 7) is 3.69. The Hall–Kier alpha value is -0.330. The molecule has 3 nitrogen and oxygen atoms in total. The molecule has 1 atom stereocenters. The minimum absolute atomic E-state index is 0.0937. The van der Waals surface area contributed by atoms with Gasteiger partial charge in [0, 0.05) is 19.3 Å². The van der Waals surface area contributed by atoms with Crippen molar-refractivity contribution in [1.29, 1.82) is 0 Å². The maximum atomic E-state index is 11.7. The van der Waals surface area contributed by atoms with Gasteiger partial charge in [0.2, 0.25) is 0 Å². The van der Waals surface area contributed by atoms with Crippen LogP contribution >= 0.6 is 0 Å². The van der Waals surface area contributed by atoms with Crippen molar-refractivity contribution in [2.24, 2.45) is 5.92 Å². The Kier molecular flexibility index (Phi) is 8.55. The molecule has 0 aliphatic heterocycles. The van der Waals surface area contributed by atoms with Gasteiger partial charge in [-0.15, -0.1) is 0 Å². The summed E-state index contributed by atoms with van der Waals surface area (Å²) >= 11 is 0. The Balaban J connectivity index is 3.49. The predicted octanol–water partition coefficient (Wildman–Crippen LogP) is 1.95. The number of halogens is 3. The van der Waals surface area contributed by atoms with Crippen molar-refractivity contribution >= 4 is 0 Å². The Morgan fingerprint density at radius 3 is 2.41 bits per heavy atom. The van der Waals surface area contributed by atoms with E-state index in [4.69, 9.17) is 5.11 Å². The fraction of sp³-hybridized carbons (Fsp3) is 1.00. The lowest BCUT2D eigenvalue weighted by Gasteiger charge is -2.21. The third-order valence-electron chi connectivity index (χ3n) is 2.38. The Labute approximate surface area is 100 Å². The van der Waals surface area contributed by atoms with Crippen molar-refractivity contribution in [1.82, 2.24) is 5.32 Å². The van der Waals surface area contributed by atoms with Crippen LogP contribution in [0.1, 0.15) is 26.7 Å². The highest BCUT2D eigenvalue weighted by Gasteiger charge is 2.27. The highest BCUT2D eigenvalue weighted by molar-refractivity contribution is 4.69. The summed E-state index contributed by atoms with van der Waals surface area (Å²) in [6.07, 6.45) is -3.06. The molecule has 0 amide bonds. The predicted molar refractivity (Wildman–Crippen MR) is 59.8 cm³/mol. The number of aliphatic hydroxyl groups is 1. The molecule has 104 valence electrons. The average Bonchev–Trinajstić information content (AvgIpc) is 2.19. The zero-order chi connectivity index (χ0) is 13.3. The lowest BCUT2D eigenvalue weighted by Crippen LogP contribution is -2.35. The minimum Gasteiger partial charge on any atom is -0.396 e. The zero-order valence-electron chi connectivity index (χ0n) is 10.4. The van der Waals surface area contributed by atoms with Gasteiger partial charge in [0.25, 0.3) is 0 Å². The summed E-state index contributed by atoms with van der Waals surface area (Å²) in [5, 5.41) is 12.0. The van der Waals surface area contributed by atoms with E-state index in [2.05, 4.69) is 10.1 Å². The number of rotatable bonds is 9. The van der Waals surface area contributed by atoms with Crippen LogP contribution in [0.15, 0.2) is 0 Å². The largest absolute Gasteiger partial charge is 0.411 e. The third kappa shape index (κ3) is 10.5. The molecule has 0 heterocycles. The first-order valence-electron chi connectivity index (χ1n) is 5.85. The molecule has 6 heteroatoms. The number of ether oxygens (including phenoxy) is 1. The third-order valence-corrected chi connectivity index (χ3v) is 2.38. The quantitative estimate of drug-likeness (QED) is 0.620. The lowest BCUT2D eigenvalue weighted by atomic mass is 10.0. The van der Waals surface area contributed by atoms with Crippen molar-refractivity contribution in [2.45, 2.75) is 38.9 Å². The summed E-state index contributed by atoms with van der Waals surface area (Å²) in [4.78, 5) is 0. The van der Waals surface area contributed by atoms with E-state index in [-0.39, 0.29) is 19.3 Å². The maximum Gasteiger partial charge on any atom is 0.411 e. The van der Waals surface area contributed by atoms with Gasteiger partial charge in [0.05, 0.1) is 0 Å². The highest BCUT2D eigenvalue weighted by Crippen LogP contribution is 2.14. The number of hydrogen-bond donors (Lipinski definition) is 2. The van der Waals surface area contributed by atoms with Crippen LogP contribution in [0.3, 0.4) is 0 Å². The molecule has 0 bridgehead atoms.